The van der Waals surface area contributed by atoms with Crippen LogP contribution in [0.25, 0.3) is 0 Å². The van der Waals surface area contributed by atoms with Crippen LogP contribution in [0.4, 0.5) is 0 Å². The average molecular weight is 226 g/mol. The minimum Gasteiger partial charge on any atom is -0.304 e. The van der Waals surface area contributed by atoms with Gasteiger partial charge in [0, 0.05) is 0 Å². The average Bonchev–Trinajstić information content (AvgIpc) is 2.26. The lowest BCUT2D eigenvalue weighted by atomic mass is 10.2. The van der Waals surface area contributed by atoms with Crippen LogP contribution in [0.3, 0.4) is 0 Å². The highest BCUT2D eigenvalue weighted by Crippen LogP contribution is 2.12. The predicted molar refractivity (Wildman–Crippen MR) is 53.3 cm³/mol. The summed E-state index contributed by atoms with van der Waals surface area (Å²) < 4.78 is 23.2. The van der Waals surface area contributed by atoms with E-state index in [4.69, 9.17) is 11.2 Å². The Bertz CT molecular complexity index is 476. The SMILES string of the molecule is N#Cc1cccc(S(=O)(=O)CCON)c1. The number of nitrogens with two attached hydrogens (primary N) is 1. The smallest absolute Gasteiger partial charge is 0.180 e. The molecule has 0 aliphatic carbocycles. The van der Waals surface area contributed by atoms with Gasteiger partial charge in [0.1, 0.15) is 0 Å². The molecule has 6 heteroatoms. The Morgan fingerprint density at radius 2 is 2.20 bits per heavy atom. The van der Waals surface area contributed by atoms with Crippen LogP contribution in [-0.2, 0) is 14.7 Å². The second-order valence-electron chi connectivity index (χ2n) is 2.83. The summed E-state index contributed by atoms with van der Waals surface area (Å²) in [6, 6.07) is 7.70. The predicted octanol–water partition coefficient (Wildman–Crippen LogP) is 0.222. The van der Waals surface area contributed by atoms with Gasteiger partial charge in [0.2, 0.25) is 0 Å². The van der Waals surface area contributed by atoms with Crippen LogP contribution in [-0.4, -0.2) is 20.8 Å². The molecule has 15 heavy (non-hydrogen) atoms. The summed E-state index contributed by atoms with van der Waals surface area (Å²) in [5.74, 6) is 4.56. The zero-order valence-electron chi connectivity index (χ0n) is 7.88. The Morgan fingerprint density at radius 3 is 2.80 bits per heavy atom. The minimum absolute atomic E-state index is 0.0703. The maximum Gasteiger partial charge on any atom is 0.180 e. The molecule has 0 aromatic heterocycles. The Balaban J connectivity index is 3.01. The van der Waals surface area contributed by atoms with E-state index < -0.39 is 9.84 Å². The molecule has 0 fully saturated rings. The first kappa shape index (κ1) is 11.7. The zero-order chi connectivity index (χ0) is 11.3. The molecule has 0 bridgehead atoms. The van der Waals surface area contributed by atoms with Crippen LogP contribution in [0.2, 0.25) is 0 Å². The van der Waals surface area contributed by atoms with E-state index in [-0.39, 0.29) is 17.3 Å². The molecule has 0 heterocycles. The third-order valence-electron chi connectivity index (χ3n) is 1.79. The van der Waals surface area contributed by atoms with E-state index in [0.29, 0.717) is 5.56 Å². The topological polar surface area (TPSA) is 93.2 Å². The molecule has 0 radical (unpaired) electrons. The van der Waals surface area contributed by atoms with Gasteiger partial charge >= 0.3 is 0 Å². The first-order chi connectivity index (χ1) is 7.10. The van der Waals surface area contributed by atoms with Crippen molar-refractivity contribution in [2.24, 2.45) is 5.90 Å². The van der Waals surface area contributed by atoms with Crippen molar-refractivity contribution < 1.29 is 13.3 Å². The van der Waals surface area contributed by atoms with Crippen LogP contribution in [0.5, 0.6) is 0 Å². The molecule has 0 saturated carbocycles. The van der Waals surface area contributed by atoms with Crippen LogP contribution in [0, 0.1) is 11.3 Å². The Hall–Kier alpha value is -1.42. The molecule has 0 spiro atoms. The Kier molecular flexibility index (Phi) is 3.80. The van der Waals surface area contributed by atoms with Gasteiger partial charge in [-0.05, 0) is 18.2 Å². The van der Waals surface area contributed by atoms with Crippen molar-refractivity contribution in [2.75, 3.05) is 12.4 Å². The number of hydrogen-bond donors (Lipinski definition) is 1. The lowest BCUT2D eigenvalue weighted by Gasteiger charge is -2.03. The second-order valence-corrected chi connectivity index (χ2v) is 4.94. The van der Waals surface area contributed by atoms with E-state index in [1.807, 2.05) is 6.07 Å². The summed E-state index contributed by atoms with van der Waals surface area (Å²) in [7, 11) is -3.41. The quantitative estimate of drug-likeness (QED) is 0.741. The molecule has 5 nitrogen and oxygen atoms in total. The molecule has 0 aliphatic rings. The largest absolute Gasteiger partial charge is 0.304 e. The zero-order valence-corrected chi connectivity index (χ0v) is 8.70. The summed E-state index contributed by atoms with van der Waals surface area (Å²) in [5, 5.41) is 8.61. The first-order valence-corrected chi connectivity index (χ1v) is 5.80. The van der Waals surface area contributed by atoms with Crippen LogP contribution in [0.15, 0.2) is 29.2 Å². The number of sulfone groups is 1. The summed E-state index contributed by atoms with van der Waals surface area (Å²) >= 11 is 0. The van der Waals surface area contributed by atoms with Gasteiger partial charge in [0.05, 0.1) is 28.9 Å². The van der Waals surface area contributed by atoms with E-state index in [2.05, 4.69) is 4.84 Å². The highest BCUT2D eigenvalue weighted by atomic mass is 32.2. The molecule has 80 valence electrons. The summed E-state index contributed by atoms with van der Waals surface area (Å²) in [4.78, 5) is 4.32. The van der Waals surface area contributed by atoms with Crippen LogP contribution >= 0.6 is 0 Å². The van der Waals surface area contributed by atoms with Crippen LogP contribution in [0.1, 0.15) is 5.56 Å². The number of nitriles is 1. The molecule has 0 aliphatic heterocycles. The number of hydrogen-bond acceptors (Lipinski definition) is 5. The molecule has 2 N–H and O–H groups in total. The Labute approximate surface area is 88.0 Å². The van der Waals surface area contributed by atoms with E-state index in [1.165, 1.54) is 18.2 Å². The number of rotatable bonds is 4. The van der Waals surface area contributed by atoms with Gasteiger partial charge in [-0.3, -0.25) is 0 Å². The first-order valence-electron chi connectivity index (χ1n) is 4.15. The van der Waals surface area contributed by atoms with E-state index in [1.54, 1.807) is 6.07 Å². The number of benzene rings is 1. The van der Waals surface area contributed by atoms with Gasteiger partial charge in [-0.1, -0.05) is 6.07 Å². The summed E-state index contributed by atoms with van der Waals surface area (Å²) in [6.07, 6.45) is 0. The van der Waals surface area contributed by atoms with E-state index in [0.717, 1.165) is 0 Å². The van der Waals surface area contributed by atoms with Crippen molar-refractivity contribution in [3.63, 3.8) is 0 Å². The normalized spacial score (nSPS) is 10.9. The maximum atomic E-state index is 11.6. The third kappa shape index (κ3) is 3.02. The highest BCUT2D eigenvalue weighted by Gasteiger charge is 2.14. The van der Waals surface area contributed by atoms with Gasteiger partial charge < -0.3 is 4.84 Å². The van der Waals surface area contributed by atoms with Gasteiger partial charge in [-0.15, -0.1) is 0 Å². The van der Waals surface area contributed by atoms with Gasteiger partial charge in [-0.2, -0.15) is 5.26 Å². The molecule has 0 amide bonds. The summed E-state index contributed by atoms with van der Waals surface area (Å²) in [5.41, 5.74) is 0.310. The van der Waals surface area contributed by atoms with Crippen molar-refractivity contribution in [3.05, 3.63) is 29.8 Å². The van der Waals surface area contributed by atoms with Crippen molar-refractivity contribution in [1.29, 1.82) is 5.26 Å². The molecular formula is C9H10N2O3S. The molecule has 0 unspecified atom stereocenters. The molecule has 0 saturated heterocycles. The monoisotopic (exact) mass is 226 g/mol. The summed E-state index contributed by atoms with van der Waals surface area (Å²) in [6.45, 7) is -0.0703. The molecule has 1 rings (SSSR count). The van der Waals surface area contributed by atoms with Crippen molar-refractivity contribution in [1.82, 2.24) is 0 Å². The van der Waals surface area contributed by atoms with Crippen molar-refractivity contribution in [2.45, 2.75) is 4.90 Å². The second kappa shape index (κ2) is 4.89. The third-order valence-corrected chi connectivity index (χ3v) is 3.47. The lowest BCUT2D eigenvalue weighted by Crippen LogP contribution is -2.14. The lowest BCUT2D eigenvalue weighted by molar-refractivity contribution is 0.153. The standard InChI is InChI=1S/C9H10N2O3S/c10-7-8-2-1-3-9(6-8)15(12,13)5-4-14-11/h1-3,6H,4-5,11H2. The number of nitrogens with zero attached hydrogens (tertiary/aromatic N) is 1. The van der Waals surface area contributed by atoms with Gasteiger partial charge in [0.15, 0.2) is 9.84 Å². The highest BCUT2D eigenvalue weighted by molar-refractivity contribution is 7.91. The fraction of sp³-hybridized carbons (Fsp3) is 0.222. The molecule has 1 aromatic carbocycles. The minimum atomic E-state index is -3.41. The fourth-order valence-corrected chi connectivity index (χ4v) is 2.18. The fourth-order valence-electron chi connectivity index (χ4n) is 1.03. The van der Waals surface area contributed by atoms with E-state index in [9.17, 15) is 8.42 Å². The van der Waals surface area contributed by atoms with Crippen molar-refractivity contribution in [3.8, 4) is 6.07 Å². The van der Waals surface area contributed by atoms with Gasteiger partial charge in [0.25, 0.3) is 0 Å². The Morgan fingerprint density at radius 1 is 1.47 bits per heavy atom. The molecule has 1 aromatic rings. The van der Waals surface area contributed by atoms with Crippen LogP contribution < -0.4 is 5.90 Å². The van der Waals surface area contributed by atoms with Gasteiger partial charge in [-0.25, -0.2) is 14.3 Å². The molecule has 0 atom stereocenters. The maximum absolute atomic E-state index is 11.6. The van der Waals surface area contributed by atoms with Crippen molar-refractivity contribution >= 4 is 9.84 Å². The van der Waals surface area contributed by atoms with E-state index >= 15 is 0 Å². The molecular weight excluding hydrogens is 216 g/mol.